The summed E-state index contributed by atoms with van der Waals surface area (Å²) in [6.45, 7) is 14.1. The van der Waals surface area contributed by atoms with Crippen LogP contribution >= 0.6 is 15.9 Å². The van der Waals surface area contributed by atoms with Crippen LogP contribution in [-0.2, 0) is 28.7 Å². The average molecular weight is 655 g/mol. The molecule has 3 heterocycles. The molecule has 8 atom stereocenters. The normalized spacial score (nSPS) is 29.1. The number of fused-ring (bicyclic) bond motifs is 1. The van der Waals surface area contributed by atoms with Crippen LogP contribution in [0.15, 0.2) is 25.3 Å². The molecule has 0 aromatic heterocycles. The number of amides is 3. The first kappa shape index (κ1) is 34.3. The van der Waals surface area contributed by atoms with Gasteiger partial charge >= 0.3 is 5.97 Å². The molecule has 3 fully saturated rings. The number of hydrogen-bond donors (Lipinski definition) is 2. The van der Waals surface area contributed by atoms with Gasteiger partial charge in [-0.15, -0.1) is 13.2 Å². The summed E-state index contributed by atoms with van der Waals surface area (Å²) in [5.74, 6) is -2.92. The standard InChI is InChI=1S/C31H48BrN3O7/c1-6-9-14-23(37)33-19-21(5)41-30(40)24-25-28(38)35(16-11-10-12-17-36)27(31(25)18-22(32)26(24)42-31)29(39)34(15-8-3)20(4)13-7-2/h6,8,20-22,24-27,36H,1,3,7,9-19H2,2,4-5H3,(H,33,37)/t20?,21-,22?,24-,25+,26-,27-,31+/m0/s1. The number of unbranched alkanes of at least 4 members (excludes halogenated alkanes) is 2. The van der Waals surface area contributed by atoms with Crippen molar-refractivity contribution < 1.29 is 33.8 Å². The number of nitrogens with zero attached hydrogens (tertiary/aromatic N) is 2. The third-order valence-corrected chi connectivity index (χ3v) is 9.52. The van der Waals surface area contributed by atoms with Crippen molar-refractivity contribution in [1.29, 1.82) is 0 Å². The molecule has 0 aromatic carbocycles. The van der Waals surface area contributed by atoms with Gasteiger partial charge in [0.25, 0.3) is 0 Å². The number of hydrogen-bond acceptors (Lipinski definition) is 7. The van der Waals surface area contributed by atoms with E-state index in [1.54, 1.807) is 28.9 Å². The molecule has 0 aromatic rings. The zero-order valence-electron chi connectivity index (χ0n) is 25.3. The number of nitrogens with one attached hydrogen (secondary N) is 1. The second-order valence-corrected chi connectivity index (χ2v) is 13.0. The summed E-state index contributed by atoms with van der Waals surface area (Å²) in [5.41, 5.74) is -1.17. The maximum Gasteiger partial charge on any atom is 0.312 e. The van der Waals surface area contributed by atoms with E-state index in [4.69, 9.17) is 9.47 Å². The van der Waals surface area contributed by atoms with Crippen LogP contribution in [0.4, 0.5) is 0 Å². The summed E-state index contributed by atoms with van der Waals surface area (Å²) in [5, 5.41) is 12.0. The Morgan fingerprint density at radius 3 is 2.64 bits per heavy atom. The lowest BCUT2D eigenvalue weighted by Gasteiger charge is -2.39. The van der Waals surface area contributed by atoms with Gasteiger partial charge in [0.1, 0.15) is 17.7 Å². The fraction of sp³-hybridized carbons (Fsp3) is 0.742. The molecule has 10 nitrogen and oxygen atoms in total. The lowest BCUT2D eigenvalue weighted by molar-refractivity contribution is -0.159. The molecule has 1 spiro atoms. The van der Waals surface area contributed by atoms with Crippen molar-refractivity contribution >= 4 is 39.6 Å². The summed E-state index contributed by atoms with van der Waals surface area (Å²) in [4.78, 5) is 57.4. The molecule has 236 valence electrons. The molecule has 2 bridgehead atoms. The molecular weight excluding hydrogens is 606 g/mol. The summed E-state index contributed by atoms with van der Waals surface area (Å²) in [7, 11) is 0. The van der Waals surface area contributed by atoms with Crippen molar-refractivity contribution in [2.75, 3.05) is 26.2 Å². The van der Waals surface area contributed by atoms with E-state index in [9.17, 15) is 24.3 Å². The zero-order chi connectivity index (χ0) is 31.0. The fourth-order valence-corrected chi connectivity index (χ4v) is 7.69. The number of allylic oxidation sites excluding steroid dienone is 1. The Labute approximate surface area is 258 Å². The number of carbonyl (C=O) groups excluding carboxylic acids is 4. The Balaban J connectivity index is 1.89. The molecule has 0 aliphatic carbocycles. The van der Waals surface area contributed by atoms with Crippen molar-refractivity contribution in [1.82, 2.24) is 15.1 Å². The highest BCUT2D eigenvalue weighted by atomic mass is 79.9. The molecule has 3 aliphatic rings. The monoisotopic (exact) mass is 653 g/mol. The minimum Gasteiger partial charge on any atom is -0.460 e. The van der Waals surface area contributed by atoms with E-state index >= 15 is 0 Å². The van der Waals surface area contributed by atoms with Gasteiger partial charge in [-0.1, -0.05) is 41.4 Å². The first-order valence-electron chi connectivity index (χ1n) is 15.3. The van der Waals surface area contributed by atoms with Gasteiger partial charge in [-0.3, -0.25) is 19.2 Å². The van der Waals surface area contributed by atoms with Gasteiger partial charge in [-0.05, 0) is 52.4 Å². The molecular formula is C31H48BrN3O7. The third-order valence-electron chi connectivity index (χ3n) is 8.68. The van der Waals surface area contributed by atoms with Gasteiger partial charge in [0.05, 0.1) is 24.5 Å². The van der Waals surface area contributed by atoms with Crippen LogP contribution in [0.1, 0.15) is 72.1 Å². The lowest BCUT2D eigenvalue weighted by atomic mass is 9.70. The number of esters is 1. The van der Waals surface area contributed by atoms with Gasteiger partial charge < -0.3 is 29.7 Å². The highest BCUT2D eigenvalue weighted by molar-refractivity contribution is 9.09. The quantitative estimate of drug-likeness (QED) is 0.101. The highest BCUT2D eigenvalue weighted by Gasteiger charge is 2.77. The third kappa shape index (κ3) is 7.10. The molecule has 42 heavy (non-hydrogen) atoms. The van der Waals surface area contributed by atoms with Crippen molar-refractivity contribution in [3.63, 3.8) is 0 Å². The fourth-order valence-electron chi connectivity index (χ4n) is 6.74. The topological polar surface area (TPSA) is 125 Å². The van der Waals surface area contributed by atoms with E-state index in [-0.39, 0.29) is 41.7 Å². The Hall–Kier alpha value is -2.24. The molecule has 11 heteroatoms. The van der Waals surface area contributed by atoms with Gasteiger partial charge in [-0.2, -0.15) is 0 Å². The maximum atomic E-state index is 14.4. The average Bonchev–Trinajstić information content (AvgIpc) is 3.54. The van der Waals surface area contributed by atoms with Crippen molar-refractivity contribution in [2.24, 2.45) is 11.8 Å². The Morgan fingerprint density at radius 2 is 2.00 bits per heavy atom. The second kappa shape index (κ2) is 15.5. The number of likely N-dealkylation sites (tertiary alicyclic amines) is 1. The Kier molecular flexibility index (Phi) is 12.6. The predicted octanol–water partition coefficient (Wildman–Crippen LogP) is 3.11. The molecule has 3 amide bonds. The summed E-state index contributed by atoms with van der Waals surface area (Å²) in [6.07, 6.45) is 7.01. The number of halogens is 1. The summed E-state index contributed by atoms with van der Waals surface area (Å²) >= 11 is 3.69. The molecule has 0 saturated carbocycles. The maximum absolute atomic E-state index is 14.4. The number of aliphatic hydroxyl groups is 1. The van der Waals surface area contributed by atoms with E-state index < -0.39 is 41.7 Å². The van der Waals surface area contributed by atoms with E-state index in [1.807, 2.05) is 6.92 Å². The number of aliphatic hydroxyl groups excluding tert-OH is 1. The Morgan fingerprint density at radius 1 is 1.26 bits per heavy atom. The molecule has 2 N–H and O–H groups in total. The zero-order valence-corrected chi connectivity index (χ0v) is 26.9. The van der Waals surface area contributed by atoms with Gasteiger partial charge in [0, 0.05) is 37.0 Å². The van der Waals surface area contributed by atoms with Crippen LogP contribution in [0.25, 0.3) is 0 Å². The summed E-state index contributed by atoms with van der Waals surface area (Å²) < 4.78 is 12.3. The molecule has 3 aliphatic heterocycles. The van der Waals surface area contributed by atoms with Crippen molar-refractivity contribution in [3.05, 3.63) is 25.3 Å². The molecule has 2 unspecified atom stereocenters. The largest absolute Gasteiger partial charge is 0.460 e. The van der Waals surface area contributed by atoms with Crippen LogP contribution in [0.5, 0.6) is 0 Å². The number of alkyl halides is 1. The highest BCUT2D eigenvalue weighted by Crippen LogP contribution is 2.60. The van der Waals surface area contributed by atoms with Crippen LogP contribution in [0, 0.1) is 11.8 Å². The first-order valence-corrected chi connectivity index (χ1v) is 16.2. The van der Waals surface area contributed by atoms with E-state index in [2.05, 4.69) is 41.3 Å². The minimum atomic E-state index is -1.17. The SMILES string of the molecule is C=CCCC(=O)NC[C@H](C)OC(=O)[C@@H]1[C@H]2O[C@@]3(CC2Br)[C@H](C(=O)N(CC=C)C(C)CCC)N(CCCCCO)C(=O)[C@@H]13. The minimum absolute atomic E-state index is 0.0569. The van der Waals surface area contributed by atoms with Gasteiger partial charge in [-0.25, -0.2) is 0 Å². The van der Waals surface area contributed by atoms with Gasteiger partial charge in [0.2, 0.25) is 17.7 Å². The smallest absolute Gasteiger partial charge is 0.312 e. The van der Waals surface area contributed by atoms with Crippen LogP contribution in [-0.4, -0.2) is 99.6 Å². The van der Waals surface area contributed by atoms with Crippen molar-refractivity contribution in [3.8, 4) is 0 Å². The molecule has 3 rings (SSSR count). The van der Waals surface area contributed by atoms with E-state index in [0.29, 0.717) is 51.6 Å². The van der Waals surface area contributed by atoms with Crippen molar-refractivity contribution in [2.45, 2.75) is 107 Å². The van der Waals surface area contributed by atoms with Crippen LogP contribution < -0.4 is 5.32 Å². The van der Waals surface area contributed by atoms with Gasteiger partial charge in [0.15, 0.2) is 0 Å². The number of carbonyl (C=O) groups is 4. The first-order chi connectivity index (χ1) is 20.1. The van der Waals surface area contributed by atoms with E-state index in [0.717, 1.165) is 12.8 Å². The lowest BCUT2D eigenvalue weighted by Crippen LogP contribution is -2.58. The van der Waals surface area contributed by atoms with E-state index in [1.165, 1.54) is 0 Å². The molecule has 3 saturated heterocycles. The molecule has 0 radical (unpaired) electrons. The van der Waals surface area contributed by atoms with Crippen LogP contribution in [0.2, 0.25) is 0 Å². The predicted molar refractivity (Wildman–Crippen MR) is 163 cm³/mol. The van der Waals surface area contributed by atoms with Crippen LogP contribution in [0.3, 0.4) is 0 Å². The Bertz CT molecular complexity index is 1010. The second-order valence-electron chi connectivity index (χ2n) is 11.8. The number of rotatable bonds is 18. The number of ether oxygens (including phenoxy) is 2. The summed E-state index contributed by atoms with van der Waals surface area (Å²) in [6, 6.07) is -0.947.